The Hall–Kier alpha value is -2.06. The lowest BCUT2D eigenvalue weighted by Crippen LogP contribution is -2.17. The van der Waals surface area contributed by atoms with E-state index in [1.54, 1.807) is 31.2 Å². The Morgan fingerprint density at radius 1 is 1.38 bits per heavy atom. The largest absolute Gasteiger partial charge is 0.492 e. The van der Waals surface area contributed by atoms with Gasteiger partial charge in [-0.15, -0.1) is 0 Å². The van der Waals surface area contributed by atoms with Gasteiger partial charge in [0.2, 0.25) is 0 Å². The minimum atomic E-state index is -3.79. The molecule has 0 amide bonds. The molecular weight excluding hydrogens is 292 g/mol. The lowest BCUT2D eigenvalue weighted by atomic mass is 10.3. The monoisotopic (exact) mass is 310 g/mol. The molecule has 2 aromatic rings. The number of H-pyrrole nitrogens is 1. The second-order valence-electron chi connectivity index (χ2n) is 4.36. The normalized spacial score (nSPS) is 11.4. The molecule has 0 saturated carbocycles. The fraction of sp³-hybridized carbons (Fsp3) is 0.308. The molecule has 7 nitrogen and oxygen atoms in total. The number of aromatic amines is 1. The van der Waals surface area contributed by atoms with E-state index in [0.717, 1.165) is 0 Å². The number of anilines is 1. The highest BCUT2D eigenvalue weighted by Gasteiger charge is 2.24. The van der Waals surface area contributed by atoms with Crippen LogP contribution in [0.25, 0.3) is 0 Å². The van der Waals surface area contributed by atoms with E-state index in [1.807, 2.05) is 6.92 Å². The molecule has 1 aromatic carbocycles. The molecule has 0 aliphatic carbocycles. The molecule has 0 aliphatic heterocycles. The average molecular weight is 310 g/mol. The summed E-state index contributed by atoms with van der Waals surface area (Å²) in [4.78, 5) is 0.0799. The lowest BCUT2D eigenvalue weighted by molar-refractivity contribution is 0.342. The summed E-state index contributed by atoms with van der Waals surface area (Å²) < 4.78 is 33.0. The third kappa shape index (κ3) is 3.17. The molecular formula is C13H18N4O3S. The molecule has 0 unspecified atom stereocenters. The molecule has 0 bridgehead atoms. The van der Waals surface area contributed by atoms with Crippen LogP contribution >= 0.6 is 0 Å². The Bertz CT molecular complexity index is 725. The van der Waals surface area contributed by atoms with Gasteiger partial charge in [-0.2, -0.15) is 5.10 Å². The number of aromatic nitrogens is 2. The summed E-state index contributed by atoms with van der Waals surface area (Å²) in [6.07, 6.45) is 0. The van der Waals surface area contributed by atoms with E-state index in [4.69, 9.17) is 10.5 Å². The first-order valence-electron chi connectivity index (χ1n) is 6.48. The Kier molecular flexibility index (Phi) is 4.49. The van der Waals surface area contributed by atoms with Gasteiger partial charge in [-0.3, -0.25) is 9.82 Å². The molecule has 0 radical (unpaired) electrons. The molecule has 0 saturated heterocycles. The molecule has 0 aliphatic rings. The van der Waals surface area contributed by atoms with Crippen molar-refractivity contribution in [3.8, 4) is 5.75 Å². The van der Waals surface area contributed by atoms with Gasteiger partial charge in [0.1, 0.15) is 10.6 Å². The second kappa shape index (κ2) is 6.15. The smallest absolute Gasteiger partial charge is 0.265 e. The van der Waals surface area contributed by atoms with Crippen molar-refractivity contribution in [2.75, 3.05) is 11.3 Å². The first-order chi connectivity index (χ1) is 9.99. The number of hydrogen-bond acceptors (Lipinski definition) is 5. The number of nitrogens with two attached hydrogens (primary N) is 1. The van der Waals surface area contributed by atoms with Crippen LogP contribution < -0.4 is 15.2 Å². The summed E-state index contributed by atoms with van der Waals surface area (Å²) >= 11 is 0. The summed E-state index contributed by atoms with van der Waals surface area (Å²) in [5.74, 6) is 0.471. The van der Waals surface area contributed by atoms with Crippen LogP contribution in [-0.4, -0.2) is 25.2 Å². The Morgan fingerprint density at radius 2 is 2.10 bits per heavy atom. The van der Waals surface area contributed by atoms with Crippen LogP contribution in [0.1, 0.15) is 18.3 Å². The quantitative estimate of drug-likeness (QED) is 0.746. The standard InChI is InChI=1S/C13H18N4O3S/c1-3-20-12-7-5-4-6-10(12)17-21(18,19)13-9(2)15-16-11(13)8-14/h4-7,17H,3,8,14H2,1-2H3,(H,15,16). The van der Waals surface area contributed by atoms with Crippen molar-refractivity contribution >= 4 is 15.7 Å². The number of nitrogens with one attached hydrogen (secondary N) is 2. The average Bonchev–Trinajstić information content (AvgIpc) is 2.83. The molecule has 21 heavy (non-hydrogen) atoms. The number of ether oxygens (including phenoxy) is 1. The highest BCUT2D eigenvalue weighted by molar-refractivity contribution is 7.92. The maximum atomic E-state index is 12.5. The van der Waals surface area contributed by atoms with Crippen LogP contribution in [-0.2, 0) is 16.6 Å². The minimum absolute atomic E-state index is 0.0354. The number of aryl methyl sites for hydroxylation is 1. The van der Waals surface area contributed by atoms with Crippen LogP contribution in [0, 0.1) is 6.92 Å². The predicted octanol–water partition coefficient (Wildman–Crippen LogP) is 1.38. The first kappa shape index (κ1) is 15.3. The molecule has 1 aromatic heterocycles. The van der Waals surface area contributed by atoms with Gasteiger partial charge in [0, 0.05) is 6.54 Å². The van der Waals surface area contributed by atoms with Gasteiger partial charge in [-0.1, -0.05) is 12.1 Å². The van der Waals surface area contributed by atoms with E-state index in [2.05, 4.69) is 14.9 Å². The number of hydrogen-bond donors (Lipinski definition) is 3. The number of sulfonamides is 1. The third-order valence-corrected chi connectivity index (χ3v) is 4.42. The fourth-order valence-electron chi connectivity index (χ4n) is 1.99. The van der Waals surface area contributed by atoms with Gasteiger partial charge in [-0.25, -0.2) is 8.42 Å². The topological polar surface area (TPSA) is 110 Å². The third-order valence-electron chi connectivity index (χ3n) is 2.85. The Labute approximate surface area is 123 Å². The molecule has 2 rings (SSSR count). The summed E-state index contributed by atoms with van der Waals surface area (Å²) in [5.41, 5.74) is 6.65. The summed E-state index contributed by atoms with van der Waals surface area (Å²) in [6, 6.07) is 6.84. The van der Waals surface area contributed by atoms with E-state index in [-0.39, 0.29) is 11.4 Å². The highest BCUT2D eigenvalue weighted by atomic mass is 32.2. The molecule has 0 fully saturated rings. The molecule has 4 N–H and O–H groups in total. The summed E-state index contributed by atoms with van der Waals surface area (Å²) in [6.45, 7) is 3.94. The Morgan fingerprint density at radius 3 is 2.76 bits per heavy atom. The second-order valence-corrected chi connectivity index (χ2v) is 5.98. The maximum absolute atomic E-state index is 12.5. The molecule has 1 heterocycles. The van der Waals surface area contributed by atoms with E-state index in [1.165, 1.54) is 0 Å². The predicted molar refractivity (Wildman–Crippen MR) is 79.6 cm³/mol. The molecule has 8 heteroatoms. The zero-order chi connectivity index (χ0) is 15.5. The number of nitrogens with zero attached hydrogens (tertiary/aromatic N) is 1. The van der Waals surface area contributed by atoms with Gasteiger partial charge in [0.05, 0.1) is 23.7 Å². The number of para-hydroxylation sites is 2. The van der Waals surface area contributed by atoms with E-state index in [0.29, 0.717) is 29.4 Å². The number of rotatable bonds is 6. The summed E-state index contributed by atoms with van der Waals surface area (Å²) in [7, 11) is -3.79. The zero-order valence-electron chi connectivity index (χ0n) is 11.9. The number of benzene rings is 1. The van der Waals surface area contributed by atoms with Gasteiger partial charge in [0.25, 0.3) is 10.0 Å². The van der Waals surface area contributed by atoms with Crippen LogP contribution in [0.3, 0.4) is 0 Å². The van der Waals surface area contributed by atoms with Crippen molar-refractivity contribution < 1.29 is 13.2 Å². The van der Waals surface area contributed by atoms with E-state index >= 15 is 0 Å². The van der Waals surface area contributed by atoms with Crippen molar-refractivity contribution in [2.45, 2.75) is 25.3 Å². The van der Waals surface area contributed by atoms with E-state index in [9.17, 15) is 8.42 Å². The van der Waals surface area contributed by atoms with Crippen molar-refractivity contribution in [3.63, 3.8) is 0 Å². The van der Waals surface area contributed by atoms with Crippen LogP contribution in [0.2, 0.25) is 0 Å². The van der Waals surface area contributed by atoms with Crippen molar-refractivity contribution in [1.29, 1.82) is 0 Å². The Balaban J connectivity index is 2.40. The van der Waals surface area contributed by atoms with Crippen molar-refractivity contribution in [2.24, 2.45) is 5.73 Å². The maximum Gasteiger partial charge on any atom is 0.265 e. The first-order valence-corrected chi connectivity index (χ1v) is 7.96. The zero-order valence-corrected chi connectivity index (χ0v) is 12.7. The molecule has 0 atom stereocenters. The van der Waals surface area contributed by atoms with E-state index < -0.39 is 10.0 Å². The summed E-state index contributed by atoms with van der Waals surface area (Å²) in [5, 5.41) is 6.54. The molecule has 114 valence electrons. The minimum Gasteiger partial charge on any atom is -0.492 e. The lowest BCUT2D eigenvalue weighted by Gasteiger charge is -2.13. The van der Waals surface area contributed by atoms with Crippen LogP contribution in [0.15, 0.2) is 29.2 Å². The van der Waals surface area contributed by atoms with Gasteiger partial charge in [-0.05, 0) is 26.0 Å². The van der Waals surface area contributed by atoms with Crippen molar-refractivity contribution in [3.05, 3.63) is 35.7 Å². The van der Waals surface area contributed by atoms with Gasteiger partial charge >= 0.3 is 0 Å². The highest BCUT2D eigenvalue weighted by Crippen LogP contribution is 2.28. The van der Waals surface area contributed by atoms with Crippen molar-refractivity contribution in [1.82, 2.24) is 10.2 Å². The fourth-order valence-corrected chi connectivity index (χ4v) is 3.44. The van der Waals surface area contributed by atoms with Gasteiger partial charge < -0.3 is 10.5 Å². The van der Waals surface area contributed by atoms with Gasteiger partial charge in [0.15, 0.2) is 0 Å². The van der Waals surface area contributed by atoms with Crippen LogP contribution in [0.5, 0.6) is 5.75 Å². The molecule has 0 spiro atoms. The van der Waals surface area contributed by atoms with Crippen LogP contribution in [0.4, 0.5) is 5.69 Å². The SMILES string of the molecule is CCOc1ccccc1NS(=O)(=O)c1c(CN)n[nH]c1C.